The third-order valence-corrected chi connectivity index (χ3v) is 3.42. The average Bonchev–Trinajstić information content (AvgIpc) is 2.70. The van der Waals surface area contributed by atoms with Crippen molar-refractivity contribution >= 4 is 21.1 Å². The van der Waals surface area contributed by atoms with Gasteiger partial charge in [0.15, 0.2) is 0 Å². The molecule has 98 valence electrons. The van der Waals surface area contributed by atoms with Crippen LogP contribution in [-0.4, -0.2) is 15.0 Å². The van der Waals surface area contributed by atoms with Crippen LogP contribution >= 0.6 is 0 Å². The Morgan fingerprint density at radius 1 is 1.22 bits per heavy atom. The van der Waals surface area contributed by atoms with E-state index >= 15 is 0 Å². The maximum absolute atomic E-state index is 11.9. The van der Waals surface area contributed by atoms with Crippen LogP contribution in [-0.2, 0) is 14.3 Å². The van der Waals surface area contributed by atoms with E-state index in [-0.39, 0.29) is 17.1 Å². The highest BCUT2D eigenvalue weighted by atomic mass is 32.2. The molecule has 1 aromatic heterocycles. The molecule has 0 unspecified atom stereocenters. The molecule has 0 amide bonds. The minimum Gasteiger partial charge on any atom is -0.442 e. The molecule has 0 saturated carbocycles. The number of rotatable bonds is 3. The molecule has 0 aliphatic carbocycles. The molecule has 2 rings (SSSR count). The van der Waals surface area contributed by atoms with Crippen LogP contribution in [0.25, 0.3) is 11.0 Å². The molecule has 2 aromatic rings. The van der Waals surface area contributed by atoms with Crippen molar-refractivity contribution in [3.05, 3.63) is 30.3 Å². The molecular formula is C13H16O4S. The zero-order valence-corrected chi connectivity index (χ0v) is 11.5. The Morgan fingerprint density at radius 2 is 1.89 bits per heavy atom. The van der Waals surface area contributed by atoms with Crippen molar-refractivity contribution in [3.63, 3.8) is 0 Å². The Kier molecular flexibility index (Phi) is 3.21. The Hall–Kier alpha value is -1.33. The van der Waals surface area contributed by atoms with Gasteiger partial charge in [0, 0.05) is 11.5 Å². The Morgan fingerprint density at radius 3 is 2.50 bits per heavy atom. The van der Waals surface area contributed by atoms with E-state index in [0.29, 0.717) is 5.58 Å². The Bertz CT molecular complexity index is 614. The van der Waals surface area contributed by atoms with E-state index in [4.69, 9.17) is 8.60 Å². The van der Waals surface area contributed by atoms with Gasteiger partial charge in [-0.3, -0.25) is 4.18 Å². The highest BCUT2D eigenvalue weighted by Gasteiger charge is 2.23. The van der Waals surface area contributed by atoms with Crippen LogP contribution in [0.3, 0.4) is 0 Å². The molecule has 0 spiro atoms. The van der Waals surface area contributed by atoms with Gasteiger partial charge in [0.05, 0.1) is 6.61 Å². The summed E-state index contributed by atoms with van der Waals surface area (Å²) in [5.74, 6) is 0. The second-order valence-electron chi connectivity index (χ2n) is 5.38. The first kappa shape index (κ1) is 13.1. The van der Waals surface area contributed by atoms with E-state index in [9.17, 15) is 8.42 Å². The fourth-order valence-corrected chi connectivity index (χ4v) is 2.48. The molecule has 0 fully saturated rings. The van der Waals surface area contributed by atoms with Crippen molar-refractivity contribution in [2.75, 3.05) is 6.61 Å². The second-order valence-corrected chi connectivity index (χ2v) is 6.93. The van der Waals surface area contributed by atoms with Crippen LogP contribution in [0.1, 0.15) is 20.8 Å². The summed E-state index contributed by atoms with van der Waals surface area (Å²) >= 11 is 0. The molecule has 0 N–H and O–H groups in total. The first-order chi connectivity index (χ1) is 8.28. The van der Waals surface area contributed by atoms with Crippen LogP contribution in [0.2, 0.25) is 0 Å². The van der Waals surface area contributed by atoms with Crippen LogP contribution in [0.15, 0.2) is 39.8 Å². The number of hydrogen-bond acceptors (Lipinski definition) is 4. The molecular weight excluding hydrogens is 252 g/mol. The maximum atomic E-state index is 11.9. The standard InChI is InChI=1S/C13H16O4S/c1-13(2,3)9-16-18(14,15)12-8-10-6-4-5-7-11(10)17-12/h4-8H,9H2,1-3H3. The zero-order chi connectivity index (χ0) is 13.4. The lowest BCUT2D eigenvalue weighted by molar-refractivity contribution is 0.199. The lowest BCUT2D eigenvalue weighted by Crippen LogP contribution is -2.18. The van der Waals surface area contributed by atoms with E-state index in [0.717, 1.165) is 5.39 Å². The summed E-state index contributed by atoms with van der Waals surface area (Å²) in [7, 11) is -3.82. The number of hydrogen-bond donors (Lipinski definition) is 0. The minimum absolute atomic E-state index is 0.117. The molecule has 0 bridgehead atoms. The molecule has 0 aliphatic rings. The summed E-state index contributed by atoms with van der Waals surface area (Å²) in [4.78, 5) is 0. The molecule has 1 aromatic carbocycles. The highest BCUT2D eigenvalue weighted by Crippen LogP contribution is 2.25. The molecule has 0 radical (unpaired) electrons. The van der Waals surface area contributed by atoms with Gasteiger partial charge in [-0.1, -0.05) is 39.0 Å². The second kappa shape index (κ2) is 4.40. The van der Waals surface area contributed by atoms with Gasteiger partial charge in [-0.15, -0.1) is 0 Å². The van der Waals surface area contributed by atoms with Crippen molar-refractivity contribution in [3.8, 4) is 0 Å². The monoisotopic (exact) mass is 268 g/mol. The van der Waals surface area contributed by atoms with E-state index in [1.54, 1.807) is 18.2 Å². The van der Waals surface area contributed by atoms with Crippen molar-refractivity contribution in [2.24, 2.45) is 5.41 Å². The van der Waals surface area contributed by atoms with Crippen LogP contribution in [0, 0.1) is 5.41 Å². The van der Waals surface area contributed by atoms with Crippen molar-refractivity contribution in [1.82, 2.24) is 0 Å². The van der Waals surface area contributed by atoms with Gasteiger partial charge >= 0.3 is 10.1 Å². The van der Waals surface area contributed by atoms with Gasteiger partial charge in [-0.25, -0.2) is 0 Å². The van der Waals surface area contributed by atoms with Crippen LogP contribution in [0.4, 0.5) is 0 Å². The lowest BCUT2D eigenvalue weighted by atomic mass is 9.99. The van der Waals surface area contributed by atoms with Crippen molar-refractivity contribution in [1.29, 1.82) is 0 Å². The largest absolute Gasteiger partial charge is 0.442 e. The van der Waals surface area contributed by atoms with Gasteiger partial charge in [0.1, 0.15) is 5.58 Å². The fraction of sp³-hybridized carbons (Fsp3) is 0.385. The lowest BCUT2D eigenvalue weighted by Gasteiger charge is -2.16. The topological polar surface area (TPSA) is 56.5 Å². The van der Waals surface area contributed by atoms with Gasteiger partial charge < -0.3 is 4.42 Å². The minimum atomic E-state index is -3.82. The van der Waals surface area contributed by atoms with E-state index in [1.807, 2.05) is 26.8 Å². The molecule has 0 atom stereocenters. The summed E-state index contributed by atoms with van der Waals surface area (Å²) in [6.07, 6.45) is 0. The first-order valence-electron chi connectivity index (χ1n) is 5.66. The molecule has 1 heterocycles. The smallest absolute Gasteiger partial charge is 0.330 e. The quantitative estimate of drug-likeness (QED) is 0.802. The summed E-state index contributed by atoms with van der Waals surface area (Å²) in [6, 6.07) is 8.61. The van der Waals surface area contributed by atoms with Crippen molar-refractivity contribution < 1.29 is 17.0 Å². The van der Waals surface area contributed by atoms with Gasteiger partial charge in [0.25, 0.3) is 0 Å². The number of furan rings is 1. The number of para-hydroxylation sites is 1. The van der Waals surface area contributed by atoms with Gasteiger partial charge in [-0.2, -0.15) is 8.42 Å². The van der Waals surface area contributed by atoms with E-state index in [2.05, 4.69) is 0 Å². The SMILES string of the molecule is CC(C)(C)COS(=O)(=O)c1cc2ccccc2o1. The third-order valence-electron chi connectivity index (χ3n) is 2.30. The Labute approximate surface area is 107 Å². The zero-order valence-electron chi connectivity index (χ0n) is 10.6. The molecule has 0 saturated heterocycles. The van der Waals surface area contributed by atoms with Crippen LogP contribution < -0.4 is 0 Å². The molecule has 5 heteroatoms. The molecule has 18 heavy (non-hydrogen) atoms. The van der Waals surface area contributed by atoms with Crippen LogP contribution in [0.5, 0.6) is 0 Å². The van der Waals surface area contributed by atoms with E-state index < -0.39 is 10.1 Å². The summed E-state index contributed by atoms with van der Waals surface area (Å²) in [5.41, 5.74) is 0.314. The number of fused-ring (bicyclic) bond motifs is 1. The Balaban J connectivity index is 2.29. The fourth-order valence-electron chi connectivity index (χ4n) is 1.39. The van der Waals surface area contributed by atoms with Gasteiger partial charge in [0.2, 0.25) is 5.09 Å². The average molecular weight is 268 g/mol. The number of benzene rings is 1. The van der Waals surface area contributed by atoms with E-state index in [1.165, 1.54) is 6.07 Å². The normalized spacial score (nSPS) is 13.1. The first-order valence-corrected chi connectivity index (χ1v) is 7.07. The predicted molar refractivity (Wildman–Crippen MR) is 68.8 cm³/mol. The molecule has 0 aliphatic heterocycles. The maximum Gasteiger partial charge on any atom is 0.330 e. The predicted octanol–water partition coefficient (Wildman–Crippen LogP) is 3.18. The van der Waals surface area contributed by atoms with Gasteiger partial charge in [-0.05, 0) is 11.5 Å². The summed E-state index contributed by atoms with van der Waals surface area (Å²) in [6.45, 7) is 5.83. The summed E-state index contributed by atoms with van der Waals surface area (Å²) < 4.78 is 34.1. The van der Waals surface area contributed by atoms with Crippen molar-refractivity contribution in [2.45, 2.75) is 25.9 Å². The molecule has 4 nitrogen and oxygen atoms in total. The third kappa shape index (κ3) is 2.91. The highest BCUT2D eigenvalue weighted by molar-refractivity contribution is 7.86. The summed E-state index contributed by atoms with van der Waals surface area (Å²) in [5, 5.41) is 0.600.